The summed E-state index contributed by atoms with van der Waals surface area (Å²) in [7, 11) is 0. The Morgan fingerprint density at radius 2 is 2.08 bits per heavy atom. The molecule has 0 atom stereocenters. The summed E-state index contributed by atoms with van der Waals surface area (Å²) in [6, 6.07) is 10.4. The molecule has 1 aromatic rings. The average Bonchev–Trinajstić information content (AvgIpc) is 2.98. The van der Waals surface area contributed by atoms with Crippen LogP contribution >= 0.6 is 0 Å². The molecule has 0 amide bonds. The third kappa shape index (κ3) is 1.15. The second-order valence-corrected chi connectivity index (χ2v) is 3.49. The molecule has 1 saturated carbocycles. The van der Waals surface area contributed by atoms with Crippen molar-refractivity contribution >= 4 is 6.08 Å². The van der Waals surface area contributed by atoms with Crippen molar-refractivity contribution in [3.8, 4) is 6.07 Å². The standard InChI is InChI=1S/C12H11N/c1-2-10-5-3-4-6-11(10)12(9-13)7-8-12/h2-6H,1,7-8H2. The third-order valence-electron chi connectivity index (χ3n) is 2.66. The Morgan fingerprint density at radius 3 is 2.62 bits per heavy atom. The quantitative estimate of drug-likeness (QED) is 0.667. The summed E-state index contributed by atoms with van der Waals surface area (Å²) in [5.74, 6) is 0. The largest absolute Gasteiger partial charge is 0.197 e. The lowest BCUT2D eigenvalue weighted by Crippen LogP contribution is -2.04. The lowest BCUT2D eigenvalue weighted by molar-refractivity contribution is 0.905. The Hall–Kier alpha value is -1.55. The minimum Gasteiger partial charge on any atom is -0.197 e. The SMILES string of the molecule is C=Cc1ccccc1C1(C#N)CC1. The average molecular weight is 169 g/mol. The molecule has 0 spiro atoms. The van der Waals surface area contributed by atoms with Crippen LogP contribution in [-0.4, -0.2) is 0 Å². The number of nitriles is 1. The Kier molecular flexibility index (Phi) is 1.70. The Labute approximate surface area is 78.3 Å². The van der Waals surface area contributed by atoms with Gasteiger partial charge in [0.2, 0.25) is 0 Å². The molecule has 1 aromatic carbocycles. The predicted octanol–water partition coefficient (Wildman–Crippen LogP) is 2.88. The van der Waals surface area contributed by atoms with E-state index in [1.54, 1.807) is 0 Å². The highest BCUT2D eigenvalue weighted by Gasteiger charge is 2.45. The molecule has 13 heavy (non-hydrogen) atoms. The minimum atomic E-state index is -0.190. The first-order valence-corrected chi connectivity index (χ1v) is 4.45. The summed E-state index contributed by atoms with van der Waals surface area (Å²) in [5, 5.41) is 9.05. The van der Waals surface area contributed by atoms with Crippen molar-refractivity contribution in [3.63, 3.8) is 0 Å². The highest BCUT2D eigenvalue weighted by Crippen LogP contribution is 2.48. The molecule has 0 radical (unpaired) electrons. The van der Waals surface area contributed by atoms with Crippen molar-refractivity contribution in [3.05, 3.63) is 42.0 Å². The van der Waals surface area contributed by atoms with E-state index < -0.39 is 0 Å². The summed E-state index contributed by atoms with van der Waals surface area (Å²) in [5.41, 5.74) is 2.05. The van der Waals surface area contributed by atoms with E-state index in [9.17, 15) is 0 Å². The maximum absolute atomic E-state index is 9.05. The lowest BCUT2D eigenvalue weighted by atomic mass is 9.93. The predicted molar refractivity (Wildman–Crippen MR) is 53.1 cm³/mol. The number of benzene rings is 1. The van der Waals surface area contributed by atoms with Gasteiger partial charge >= 0.3 is 0 Å². The molecule has 1 heteroatoms. The van der Waals surface area contributed by atoms with Crippen LogP contribution in [0.15, 0.2) is 30.8 Å². The Bertz CT molecular complexity index is 380. The Morgan fingerprint density at radius 1 is 1.38 bits per heavy atom. The lowest BCUT2D eigenvalue weighted by Gasteiger charge is -2.09. The van der Waals surface area contributed by atoms with Gasteiger partial charge in [-0.2, -0.15) is 5.26 Å². The van der Waals surface area contributed by atoms with E-state index in [0.717, 1.165) is 24.0 Å². The van der Waals surface area contributed by atoms with Crippen LogP contribution in [0.25, 0.3) is 6.08 Å². The first-order chi connectivity index (χ1) is 6.32. The zero-order valence-electron chi connectivity index (χ0n) is 7.46. The van der Waals surface area contributed by atoms with Crippen LogP contribution in [0.3, 0.4) is 0 Å². The first-order valence-electron chi connectivity index (χ1n) is 4.45. The van der Waals surface area contributed by atoms with E-state index >= 15 is 0 Å². The molecular weight excluding hydrogens is 158 g/mol. The molecule has 0 aliphatic heterocycles. The normalized spacial score (nSPS) is 17.5. The van der Waals surface area contributed by atoms with Crippen LogP contribution < -0.4 is 0 Å². The number of rotatable bonds is 2. The van der Waals surface area contributed by atoms with Gasteiger partial charge in [-0.15, -0.1) is 0 Å². The van der Waals surface area contributed by atoms with E-state index in [1.165, 1.54) is 0 Å². The Balaban J connectivity index is 2.52. The van der Waals surface area contributed by atoms with Crippen LogP contribution in [0.4, 0.5) is 0 Å². The molecule has 1 aliphatic rings. The van der Waals surface area contributed by atoms with Gasteiger partial charge in [-0.05, 0) is 24.0 Å². The maximum atomic E-state index is 9.05. The number of hydrogen-bond acceptors (Lipinski definition) is 1. The molecule has 0 bridgehead atoms. The smallest absolute Gasteiger partial charge is 0.0829 e. The molecule has 64 valence electrons. The van der Waals surface area contributed by atoms with Crippen LogP contribution in [-0.2, 0) is 5.41 Å². The first kappa shape index (κ1) is 8.07. The van der Waals surface area contributed by atoms with Gasteiger partial charge in [-0.25, -0.2) is 0 Å². The van der Waals surface area contributed by atoms with Crippen LogP contribution in [0, 0.1) is 11.3 Å². The fourth-order valence-electron chi connectivity index (χ4n) is 1.68. The fourth-order valence-corrected chi connectivity index (χ4v) is 1.68. The highest BCUT2D eigenvalue weighted by atomic mass is 14.5. The van der Waals surface area contributed by atoms with E-state index in [0.29, 0.717) is 0 Å². The molecule has 1 nitrogen and oxygen atoms in total. The van der Waals surface area contributed by atoms with Crippen LogP contribution in [0.1, 0.15) is 24.0 Å². The van der Waals surface area contributed by atoms with Gasteiger partial charge in [0, 0.05) is 0 Å². The van der Waals surface area contributed by atoms with Crippen LogP contribution in [0.2, 0.25) is 0 Å². The number of hydrogen-bond donors (Lipinski definition) is 0. The molecule has 0 heterocycles. The van der Waals surface area contributed by atoms with Crippen molar-refractivity contribution in [2.75, 3.05) is 0 Å². The topological polar surface area (TPSA) is 23.8 Å². The molecule has 1 aliphatic carbocycles. The zero-order valence-corrected chi connectivity index (χ0v) is 7.46. The fraction of sp³-hybridized carbons (Fsp3) is 0.250. The molecule has 1 fully saturated rings. The summed E-state index contributed by atoms with van der Waals surface area (Å²) < 4.78 is 0. The number of nitrogens with zero attached hydrogens (tertiary/aromatic N) is 1. The van der Waals surface area contributed by atoms with Gasteiger partial charge in [0.15, 0.2) is 0 Å². The van der Waals surface area contributed by atoms with Crippen molar-refractivity contribution in [1.82, 2.24) is 0 Å². The van der Waals surface area contributed by atoms with Crippen LogP contribution in [0.5, 0.6) is 0 Å². The third-order valence-corrected chi connectivity index (χ3v) is 2.66. The van der Waals surface area contributed by atoms with Gasteiger partial charge in [0.1, 0.15) is 0 Å². The molecule has 0 unspecified atom stereocenters. The van der Waals surface area contributed by atoms with Gasteiger partial charge < -0.3 is 0 Å². The molecule has 2 rings (SSSR count). The summed E-state index contributed by atoms with van der Waals surface area (Å²) in [4.78, 5) is 0. The second-order valence-electron chi connectivity index (χ2n) is 3.49. The van der Waals surface area contributed by atoms with Gasteiger partial charge in [0.05, 0.1) is 11.5 Å². The summed E-state index contributed by atoms with van der Waals surface area (Å²) >= 11 is 0. The van der Waals surface area contributed by atoms with Gasteiger partial charge in [-0.3, -0.25) is 0 Å². The monoisotopic (exact) mass is 169 g/mol. The zero-order chi connectivity index (χ0) is 9.31. The van der Waals surface area contributed by atoms with E-state index in [4.69, 9.17) is 5.26 Å². The summed E-state index contributed by atoms with van der Waals surface area (Å²) in [6.45, 7) is 3.76. The maximum Gasteiger partial charge on any atom is 0.0829 e. The van der Waals surface area contributed by atoms with E-state index in [-0.39, 0.29) is 5.41 Å². The van der Waals surface area contributed by atoms with Crippen molar-refractivity contribution in [1.29, 1.82) is 5.26 Å². The minimum absolute atomic E-state index is 0.190. The van der Waals surface area contributed by atoms with E-state index in [1.807, 2.05) is 30.3 Å². The van der Waals surface area contributed by atoms with Gasteiger partial charge in [-0.1, -0.05) is 36.9 Å². The van der Waals surface area contributed by atoms with Gasteiger partial charge in [0.25, 0.3) is 0 Å². The van der Waals surface area contributed by atoms with Crippen molar-refractivity contribution in [2.45, 2.75) is 18.3 Å². The summed E-state index contributed by atoms with van der Waals surface area (Å²) in [6.07, 6.45) is 3.81. The molecular formula is C12H11N. The van der Waals surface area contributed by atoms with Crippen molar-refractivity contribution < 1.29 is 0 Å². The van der Waals surface area contributed by atoms with Crippen molar-refractivity contribution in [2.24, 2.45) is 0 Å². The molecule has 0 saturated heterocycles. The highest BCUT2D eigenvalue weighted by molar-refractivity contribution is 5.57. The van der Waals surface area contributed by atoms with E-state index in [2.05, 4.69) is 12.6 Å². The second kappa shape index (κ2) is 2.74. The molecule has 0 aromatic heterocycles. The molecule has 0 N–H and O–H groups in total.